The SMILES string of the molecule is CCNC(=NCC(CO)c1ccccc1)NCCOc1ncccc1C(F)(F)F. The van der Waals surface area contributed by atoms with Crippen LogP contribution in [-0.2, 0) is 6.18 Å². The number of aliphatic hydroxyl groups is 1. The van der Waals surface area contributed by atoms with Gasteiger partial charge in [0.2, 0.25) is 5.88 Å². The second-order valence-electron chi connectivity index (χ2n) is 6.14. The van der Waals surface area contributed by atoms with Crippen molar-refractivity contribution in [3.05, 3.63) is 59.8 Å². The molecule has 6 nitrogen and oxygen atoms in total. The molecule has 1 heterocycles. The maximum Gasteiger partial charge on any atom is 0.421 e. The average Bonchev–Trinajstić information content (AvgIpc) is 2.72. The van der Waals surface area contributed by atoms with Gasteiger partial charge in [0.1, 0.15) is 12.2 Å². The highest BCUT2D eigenvalue weighted by atomic mass is 19.4. The van der Waals surface area contributed by atoms with Crippen LogP contribution < -0.4 is 15.4 Å². The number of pyridine rings is 1. The molecule has 9 heteroatoms. The number of nitrogens with one attached hydrogen (secondary N) is 2. The molecular formula is C20H25F3N4O2. The van der Waals surface area contributed by atoms with E-state index in [1.54, 1.807) is 0 Å². The van der Waals surface area contributed by atoms with Crippen molar-refractivity contribution in [2.24, 2.45) is 4.99 Å². The molecular weight excluding hydrogens is 385 g/mol. The lowest BCUT2D eigenvalue weighted by atomic mass is 10.0. The number of alkyl halides is 3. The summed E-state index contributed by atoms with van der Waals surface area (Å²) in [6.45, 7) is 3.03. The molecule has 3 N–H and O–H groups in total. The first-order valence-corrected chi connectivity index (χ1v) is 9.28. The van der Waals surface area contributed by atoms with Crippen molar-refractivity contribution in [3.63, 3.8) is 0 Å². The molecule has 0 saturated heterocycles. The number of nitrogens with zero attached hydrogens (tertiary/aromatic N) is 2. The van der Waals surface area contributed by atoms with E-state index in [9.17, 15) is 18.3 Å². The Morgan fingerprint density at radius 2 is 1.93 bits per heavy atom. The number of aliphatic imine (C=N–C) groups is 1. The molecule has 0 fully saturated rings. The molecule has 29 heavy (non-hydrogen) atoms. The van der Waals surface area contributed by atoms with E-state index in [0.717, 1.165) is 11.6 Å². The molecule has 1 atom stereocenters. The van der Waals surface area contributed by atoms with Crippen LogP contribution in [0, 0.1) is 0 Å². The van der Waals surface area contributed by atoms with Crippen molar-refractivity contribution in [2.45, 2.75) is 19.0 Å². The number of ether oxygens (including phenoxy) is 1. The fraction of sp³-hybridized carbons (Fsp3) is 0.400. The number of guanidine groups is 1. The minimum absolute atomic E-state index is 0.0212. The van der Waals surface area contributed by atoms with E-state index >= 15 is 0 Å². The number of hydrogen-bond donors (Lipinski definition) is 3. The third kappa shape index (κ3) is 7.26. The van der Waals surface area contributed by atoms with Gasteiger partial charge in [-0.3, -0.25) is 4.99 Å². The number of aromatic nitrogens is 1. The van der Waals surface area contributed by atoms with Crippen LogP contribution in [0.2, 0.25) is 0 Å². The van der Waals surface area contributed by atoms with Gasteiger partial charge in [0.15, 0.2) is 5.96 Å². The van der Waals surface area contributed by atoms with Crippen molar-refractivity contribution in [1.29, 1.82) is 0 Å². The Hall–Kier alpha value is -2.81. The monoisotopic (exact) mass is 410 g/mol. The first kappa shape index (κ1) is 22.5. The first-order valence-electron chi connectivity index (χ1n) is 9.28. The summed E-state index contributed by atoms with van der Waals surface area (Å²) in [5.74, 6) is -0.110. The van der Waals surface area contributed by atoms with Crippen LogP contribution in [0.5, 0.6) is 5.88 Å². The third-order valence-electron chi connectivity index (χ3n) is 4.02. The largest absolute Gasteiger partial charge is 0.475 e. The van der Waals surface area contributed by atoms with Gasteiger partial charge in [0.25, 0.3) is 0 Å². The number of hydrogen-bond acceptors (Lipinski definition) is 4. The highest BCUT2D eigenvalue weighted by Gasteiger charge is 2.34. The zero-order valence-electron chi connectivity index (χ0n) is 16.1. The van der Waals surface area contributed by atoms with Gasteiger partial charge in [0.05, 0.1) is 19.7 Å². The number of halogens is 3. The molecule has 0 amide bonds. The third-order valence-corrected chi connectivity index (χ3v) is 4.02. The molecule has 0 aliphatic rings. The van der Waals surface area contributed by atoms with Crippen molar-refractivity contribution >= 4 is 5.96 Å². The molecule has 1 aromatic carbocycles. The number of aliphatic hydroxyl groups excluding tert-OH is 1. The van der Waals surface area contributed by atoms with E-state index in [-0.39, 0.29) is 25.7 Å². The molecule has 0 aliphatic carbocycles. The fourth-order valence-corrected chi connectivity index (χ4v) is 2.58. The predicted octanol–water partition coefficient (Wildman–Crippen LogP) is 2.81. The molecule has 0 radical (unpaired) electrons. The zero-order chi connectivity index (χ0) is 21.1. The molecule has 0 bridgehead atoms. The van der Waals surface area contributed by atoms with Crippen LogP contribution in [0.3, 0.4) is 0 Å². The lowest BCUT2D eigenvalue weighted by Gasteiger charge is -2.16. The van der Waals surface area contributed by atoms with Gasteiger partial charge in [0, 0.05) is 18.7 Å². The van der Waals surface area contributed by atoms with Crippen molar-refractivity contribution in [1.82, 2.24) is 15.6 Å². The minimum atomic E-state index is -4.52. The van der Waals surface area contributed by atoms with Gasteiger partial charge < -0.3 is 20.5 Å². The second kappa shape index (κ2) is 11.3. The summed E-state index contributed by atoms with van der Waals surface area (Å²) in [6.07, 6.45) is -3.27. The van der Waals surface area contributed by atoms with Crippen LogP contribution in [0.25, 0.3) is 0 Å². The molecule has 158 valence electrons. The molecule has 2 rings (SSSR count). The van der Waals surface area contributed by atoms with Crippen LogP contribution in [0.15, 0.2) is 53.7 Å². The summed E-state index contributed by atoms with van der Waals surface area (Å²) < 4.78 is 44.0. The van der Waals surface area contributed by atoms with E-state index in [4.69, 9.17) is 4.74 Å². The lowest BCUT2D eigenvalue weighted by molar-refractivity contribution is -0.139. The minimum Gasteiger partial charge on any atom is -0.475 e. The van der Waals surface area contributed by atoms with Gasteiger partial charge in [-0.25, -0.2) is 4.98 Å². The summed E-state index contributed by atoms with van der Waals surface area (Å²) in [6, 6.07) is 11.7. The molecule has 0 spiro atoms. The van der Waals surface area contributed by atoms with Crippen molar-refractivity contribution in [2.75, 3.05) is 32.8 Å². The molecule has 0 aliphatic heterocycles. The van der Waals surface area contributed by atoms with E-state index in [1.807, 2.05) is 37.3 Å². The van der Waals surface area contributed by atoms with Crippen LogP contribution in [-0.4, -0.2) is 48.9 Å². The van der Waals surface area contributed by atoms with Crippen LogP contribution in [0.1, 0.15) is 24.0 Å². The predicted molar refractivity (Wildman–Crippen MR) is 105 cm³/mol. The fourth-order valence-electron chi connectivity index (χ4n) is 2.58. The van der Waals surface area contributed by atoms with E-state index in [1.165, 1.54) is 12.3 Å². The van der Waals surface area contributed by atoms with Gasteiger partial charge in [-0.05, 0) is 24.6 Å². The Labute approximate surface area is 167 Å². The summed E-state index contributed by atoms with van der Waals surface area (Å²) >= 11 is 0. The average molecular weight is 410 g/mol. The number of rotatable bonds is 9. The Morgan fingerprint density at radius 3 is 2.59 bits per heavy atom. The Balaban J connectivity index is 1.90. The Bertz CT molecular complexity index is 770. The smallest absolute Gasteiger partial charge is 0.421 e. The lowest BCUT2D eigenvalue weighted by Crippen LogP contribution is -2.39. The topological polar surface area (TPSA) is 78.8 Å². The Morgan fingerprint density at radius 1 is 1.17 bits per heavy atom. The quantitative estimate of drug-likeness (QED) is 0.337. The highest BCUT2D eigenvalue weighted by Crippen LogP contribution is 2.34. The summed E-state index contributed by atoms with van der Waals surface area (Å²) in [7, 11) is 0. The normalized spacial score (nSPS) is 13.1. The van der Waals surface area contributed by atoms with E-state index in [0.29, 0.717) is 19.0 Å². The van der Waals surface area contributed by atoms with Crippen LogP contribution in [0.4, 0.5) is 13.2 Å². The molecule has 1 aromatic heterocycles. The number of benzene rings is 1. The molecule has 1 unspecified atom stereocenters. The standard InChI is InChI=1S/C20H25F3N4O2/c1-2-24-19(27-13-16(14-28)15-7-4-3-5-8-15)26-11-12-29-18-17(20(21,22)23)9-6-10-25-18/h3-10,16,28H,2,11-14H2,1H3,(H2,24,26,27). The maximum absolute atomic E-state index is 13.0. The maximum atomic E-state index is 13.0. The van der Waals surface area contributed by atoms with E-state index in [2.05, 4.69) is 20.6 Å². The van der Waals surface area contributed by atoms with Crippen molar-refractivity contribution in [3.8, 4) is 5.88 Å². The van der Waals surface area contributed by atoms with Gasteiger partial charge in [-0.1, -0.05) is 30.3 Å². The van der Waals surface area contributed by atoms with Crippen LogP contribution >= 0.6 is 0 Å². The molecule has 2 aromatic rings. The summed E-state index contributed by atoms with van der Waals surface area (Å²) in [4.78, 5) is 8.10. The summed E-state index contributed by atoms with van der Waals surface area (Å²) in [5.41, 5.74) is 0.0713. The second-order valence-corrected chi connectivity index (χ2v) is 6.14. The zero-order valence-corrected chi connectivity index (χ0v) is 16.1. The van der Waals surface area contributed by atoms with Crippen molar-refractivity contribution < 1.29 is 23.0 Å². The van der Waals surface area contributed by atoms with Gasteiger partial charge in [-0.15, -0.1) is 0 Å². The van der Waals surface area contributed by atoms with Gasteiger partial charge >= 0.3 is 6.18 Å². The van der Waals surface area contributed by atoms with Gasteiger partial charge in [-0.2, -0.15) is 13.2 Å². The van der Waals surface area contributed by atoms with E-state index < -0.39 is 17.6 Å². The highest BCUT2D eigenvalue weighted by molar-refractivity contribution is 5.79. The first-order chi connectivity index (χ1) is 14.0. The summed E-state index contributed by atoms with van der Waals surface area (Å²) in [5, 5.41) is 15.7. The molecule has 0 saturated carbocycles. The Kier molecular flexibility index (Phi) is 8.72.